The van der Waals surface area contributed by atoms with Crippen molar-refractivity contribution >= 4 is 11.3 Å². The Bertz CT molecular complexity index is 541. The summed E-state index contributed by atoms with van der Waals surface area (Å²) in [6.45, 7) is 7.76. The lowest BCUT2D eigenvalue weighted by Crippen LogP contribution is -2.42. The molecule has 0 spiro atoms. The molecular formula is C16H20N2S. The number of piperazine rings is 1. The normalized spacial score (nSPS) is 16.7. The van der Waals surface area contributed by atoms with Gasteiger partial charge in [0.15, 0.2) is 0 Å². The van der Waals surface area contributed by atoms with Crippen molar-refractivity contribution in [2.24, 2.45) is 0 Å². The molecule has 0 radical (unpaired) electrons. The number of benzene rings is 1. The first-order valence-electron chi connectivity index (χ1n) is 6.91. The van der Waals surface area contributed by atoms with Crippen LogP contribution in [0.1, 0.15) is 10.4 Å². The molecule has 0 atom stereocenters. The average Bonchev–Trinajstić information content (AvgIpc) is 2.87. The van der Waals surface area contributed by atoms with Crippen LogP contribution in [0.5, 0.6) is 0 Å². The van der Waals surface area contributed by atoms with Crippen LogP contribution < -0.4 is 5.32 Å². The molecule has 100 valence electrons. The first-order chi connectivity index (χ1) is 9.33. The second kappa shape index (κ2) is 5.87. The number of aryl methyl sites for hydroxylation is 1. The maximum absolute atomic E-state index is 3.41. The van der Waals surface area contributed by atoms with Crippen LogP contribution >= 0.6 is 11.3 Å². The van der Waals surface area contributed by atoms with Crippen molar-refractivity contribution in [2.75, 3.05) is 26.2 Å². The molecule has 1 aliphatic heterocycles. The highest BCUT2D eigenvalue weighted by Gasteiger charge is 2.13. The summed E-state index contributed by atoms with van der Waals surface area (Å²) in [5.74, 6) is 0. The van der Waals surface area contributed by atoms with Gasteiger partial charge in [-0.1, -0.05) is 24.3 Å². The monoisotopic (exact) mass is 272 g/mol. The first kappa shape index (κ1) is 12.9. The third kappa shape index (κ3) is 3.06. The number of nitrogens with zero attached hydrogens (tertiary/aromatic N) is 1. The molecule has 0 bridgehead atoms. The van der Waals surface area contributed by atoms with Gasteiger partial charge in [-0.3, -0.25) is 4.90 Å². The molecule has 19 heavy (non-hydrogen) atoms. The summed E-state index contributed by atoms with van der Waals surface area (Å²) in [7, 11) is 0. The Morgan fingerprint density at radius 3 is 2.63 bits per heavy atom. The van der Waals surface area contributed by atoms with Gasteiger partial charge in [0, 0.05) is 42.5 Å². The van der Waals surface area contributed by atoms with Crippen LogP contribution in [-0.2, 0) is 6.54 Å². The number of hydrogen-bond donors (Lipinski definition) is 1. The Hall–Kier alpha value is -1.16. The average molecular weight is 272 g/mol. The van der Waals surface area contributed by atoms with Crippen LogP contribution in [0.2, 0.25) is 0 Å². The van der Waals surface area contributed by atoms with Crippen LogP contribution in [0.25, 0.3) is 10.4 Å². The number of thiophene rings is 1. The third-order valence-electron chi connectivity index (χ3n) is 3.63. The molecular weight excluding hydrogens is 252 g/mol. The van der Waals surface area contributed by atoms with Crippen LogP contribution in [-0.4, -0.2) is 31.1 Å². The van der Waals surface area contributed by atoms with Gasteiger partial charge in [0.05, 0.1) is 0 Å². The molecule has 0 amide bonds. The summed E-state index contributed by atoms with van der Waals surface area (Å²) in [5.41, 5.74) is 2.85. The van der Waals surface area contributed by atoms with Gasteiger partial charge in [0.1, 0.15) is 0 Å². The molecule has 1 N–H and O–H groups in total. The van der Waals surface area contributed by atoms with E-state index in [-0.39, 0.29) is 0 Å². The minimum atomic E-state index is 1.06. The van der Waals surface area contributed by atoms with Gasteiger partial charge in [0.25, 0.3) is 0 Å². The topological polar surface area (TPSA) is 15.3 Å². The summed E-state index contributed by atoms with van der Waals surface area (Å²) >= 11 is 1.89. The zero-order valence-corrected chi connectivity index (χ0v) is 12.2. The number of rotatable bonds is 3. The summed E-state index contributed by atoms with van der Waals surface area (Å²) < 4.78 is 0. The summed E-state index contributed by atoms with van der Waals surface area (Å²) in [6, 6.07) is 13.3. The Morgan fingerprint density at radius 1 is 1.11 bits per heavy atom. The lowest BCUT2D eigenvalue weighted by molar-refractivity contribution is 0.233. The SMILES string of the molecule is Cc1ccc(-c2ccccc2CN2CCNCC2)s1. The van der Waals surface area contributed by atoms with E-state index in [1.807, 2.05) is 11.3 Å². The van der Waals surface area contributed by atoms with Crippen LogP contribution in [0.4, 0.5) is 0 Å². The molecule has 2 aromatic rings. The summed E-state index contributed by atoms with van der Waals surface area (Å²) in [4.78, 5) is 5.31. The maximum Gasteiger partial charge on any atom is 0.0348 e. The van der Waals surface area contributed by atoms with Crippen molar-refractivity contribution in [1.82, 2.24) is 10.2 Å². The third-order valence-corrected chi connectivity index (χ3v) is 4.66. The van der Waals surface area contributed by atoms with E-state index in [1.165, 1.54) is 20.9 Å². The van der Waals surface area contributed by atoms with Crippen LogP contribution in [0.3, 0.4) is 0 Å². The second-order valence-corrected chi connectivity index (χ2v) is 6.38. The molecule has 1 aliphatic rings. The Kier molecular flexibility index (Phi) is 3.97. The van der Waals surface area contributed by atoms with E-state index in [0.29, 0.717) is 0 Å². The zero-order chi connectivity index (χ0) is 13.1. The molecule has 0 unspecified atom stereocenters. The van der Waals surface area contributed by atoms with E-state index in [9.17, 15) is 0 Å². The van der Waals surface area contributed by atoms with Gasteiger partial charge in [-0.25, -0.2) is 0 Å². The molecule has 0 saturated carbocycles. The van der Waals surface area contributed by atoms with E-state index in [4.69, 9.17) is 0 Å². The highest BCUT2D eigenvalue weighted by Crippen LogP contribution is 2.31. The van der Waals surface area contributed by atoms with Crippen molar-refractivity contribution in [2.45, 2.75) is 13.5 Å². The fourth-order valence-electron chi connectivity index (χ4n) is 2.59. The van der Waals surface area contributed by atoms with E-state index < -0.39 is 0 Å². The molecule has 1 aromatic heterocycles. The Balaban J connectivity index is 1.84. The summed E-state index contributed by atoms with van der Waals surface area (Å²) in [6.07, 6.45) is 0. The van der Waals surface area contributed by atoms with Gasteiger partial charge >= 0.3 is 0 Å². The van der Waals surface area contributed by atoms with Crippen molar-refractivity contribution in [3.8, 4) is 10.4 Å². The first-order valence-corrected chi connectivity index (χ1v) is 7.72. The van der Waals surface area contributed by atoms with Crippen molar-refractivity contribution in [3.05, 3.63) is 46.8 Å². The van der Waals surface area contributed by atoms with E-state index in [0.717, 1.165) is 32.7 Å². The van der Waals surface area contributed by atoms with Crippen LogP contribution in [0, 0.1) is 6.92 Å². The fourth-order valence-corrected chi connectivity index (χ4v) is 3.52. The summed E-state index contributed by atoms with van der Waals surface area (Å²) in [5, 5.41) is 3.41. The standard InChI is InChI=1S/C16H20N2S/c1-13-6-7-16(19-13)15-5-3-2-4-14(15)12-18-10-8-17-9-11-18/h2-7,17H,8-12H2,1H3. The molecule has 1 aromatic carbocycles. The van der Waals surface area contributed by atoms with Crippen molar-refractivity contribution < 1.29 is 0 Å². The van der Waals surface area contributed by atoms with Gasteiger partial charge in [-0.15, -0.1) is 11.3 Å². The molecule has 3 rings (SSSR count). The number of nitrogens with one attached hydrogen (secondary N) is 1. The van der Waals surface area contributed by atoms with Crippen molar-refractivity contribution in [1.29, 1.82) is 0 Å². The predicted octanol–water partition coefficient (Wildman–Crippen LogP) is 3.13. The minimum absolute atomic E-state index is 1.06. The molecule has 2 nitrogen and oxygen atoms in total. The number of hydrogen-bond acceptors (Lipinski definition) is 3. The highest BCUT2D eigenvalue weighted by molar-refractivity contribution is 7.15. The van der Waals surface area contributed by atoms with Gasteiger partial charge in [-0.2, -0.15) is 0 Å². The maximum atomic E-state index is 3.41. The van der Waals surface area contributed by atoms with E-state index in [2.05, 4.69) is 53.5 Å². The molecule has 2 heterocycles. The molecule has 0 aliphatic carbocycles. The van der Waals surface area contributed by atoms with Gasteiger partial charge < -0.3 is 5.32 Å². The Morgan fingerprint density at radius 2 is 1.89 bits per heavy atom. The largest absolute Gasteiger partial charge is 0.314 e. The fraction of sp³-hybridized carbons (Fsp3) is 0.375. The van der Waals surface area contributed by atoms with Gasteiger partial charge in [0.2, 0.25) is 0 Å². The molecule has 1 fully saturated rings. The lowest BCUT2D eigenvalue weighted by atomic mass is 10.1. The Labute approximate surface area is 119 Å². The highest BCUT2D eigenvalue weighted by atomic mass is 32.1. The molecule has 1 saturated heterocycles. The predicted molar refractivity (Wildman–Crippen MR) is 82.6 cm³/mol. The van der Waals surface area contributed by atoms with E-state index >= 15 is 0 Å². The second-order valence-electron chi connectivity index (χ2n) is 5.09. The quantitative estimate of drug-likeness (QED) is 0.923. The van der Waals surface area contributed by atoms with E-state index in [1.54, 1.807) is 0 Å². The van der Waals surface area contributed by atoms with Crippen LogP contribution in [0.15, 0.2) is 36.4 Å². The molecule has 3 heteroatoms. The smallest absolute Gasteiger partial charge is 0.0348 e. The minimum Gasteiger partial charge on any atom is -0.314 e. The van der Waals surface area contributed by atoms with Crippen molar-refractivity contribution in [3.63, 3.8) is 0 Å². The van der Waals surface area contributed by atoms with Gasteiger partial charge in [-0.05, 0) is 30.2 Å². The zero-order valence-electron chi connectivity index (χ0n) is 11.4. The lowest BCUT2D eigenvalue weighted by Gasteiger charge is -2.27.